The zero-order valence-electron chi connectivity index (χ0n) is 22.2. The zero-order valence-corrected chi connectivity index (χ0v) is 22.2. The predicted molar refractivity (Wildman–Crippen MR) is 134 cm³/mol. The molecule has 4 aliphatic carbocycles. The van der Waals surface area contributed by atoms with Gasteiger partial charge >= 0.3 is 0 Å². The van der Waals surface area contributed by atoms with E-state index in [-0.39, 0.29) is 0 Å². The Bertz CT molecular complexity index is 811. The average Bonchev–Trinajstić information content (AvgIpc) is 3.15. The van der Waals surface area contributed by atoms with E-state index in [0.29, 0.717) is 16.7 Å². The van der Waals surface area contributed by atoms with Gasteiger partial charge in [-0.15, -0.1) is 0 Å². The van der Waals surface area contributed by atoms with Crippen LogP contribution in [0.2, 0.25) is 0 Å². The summed E-state index contributed by atoms with van der Waals surface area (Å²) in [6, 6.07) is 2.28. The quantitative estimate of drug-likeness (QED) is 0.422. The van der Waals surface area contributed by atoms with Crippen LogP contribution in [0, 0.1) is 57.2 Å². The van der Waals surface area contributed by atoms with Gasteiger partial charge in [0, 0.05) is 0 Å². The molecule has 3 saturated carbocycles. The van der Waals surface area contributed by atoms with Gasteiger partial charge in [0.25, 0.3) is 0 Å². The summed E-state index contributed by atoms with van der Waals surface area (Å²) in [5.74, 6) is 3.72. The van der Waals surface area contributed by atoms with Crippen LogP contribution in [0.4, 0.5) is 0 Å². The van der Waals surface area contributed by atoms with Crippen LogP contribution in [0.5, 0.6) is 0 Å². The van der Waals surface area contributed by atoms with Crippen molar-refractivity contribution < 1.29 is 10.2 Å². The van der Waals surface area contributed by atoms with Crippen LogP contribution in [-0.2, 0) is 0 Å². The molecule has 0 bridgehead atoms. The summed E-state index contributed by atoms with van der Waals surface area (Å²) in [7, 11) is 0. The molecule has 3 nitrogen and oxygen atoms in total. The molecule has 0 aromatic rings. The van der Waals surface area contributed by atoms with Crippen LogP contribution >= 0.6 is 0 Å². The van der Waals surface area contributed by atoms with Crippen molar-refractivity contribution >= 4 is 0 Å². The fourth-order valence-electron chi connectivity index (χ4n) is 9.05. The molecule has 4 aliphatic rings. The molecule has 3 heteroatoms. The summed E-state index contributed by atoms with van der Waals surface area (Å²) in [6.07, 6.45) is 14.2. The van der Waals surface area contributed by atoms with Crippen molar-refractivity contribution in [2.24, 2.45) is 45.8 Å². The maximum absolute atomic E-state index is 11.0. The first-order valence-corrected chi connectivity index (χ1v) is 13.9. The van der Waals surface area contributed by atoms with Crippen molar-refractivity contribution in [3.8, 4) is 6.07 Å². The lowest BCUT2D eigenvalue weighted by Gasteiger charge is -2.59. The number of allylic oxidation sites excluding steroid dienone is 1. The molecule has 33 heavy (non-hydrogen) atoms. The van der Waals surface area contributed by atoms with Gasteiger partial charge in [0.15, 0.2) is 0 Å². The normalized spacial score (nSPS) is 44.6. The van der Waals surface area contributed by atoms with Crippen LogP contribution < -0.4 is 0 Å². The topological polar surface area (TPSA) is 64.2 Å². The molecule has 186 valence electrons. The average molecular weight is 456 g/mol. The second kappa shape index (κ2) is 8.67. The van der Waals surface area contributed by atoms with Gasteiger partial charge in [0.05, 0.1) is 23.2 Å². The highest BCUT2D eigenvalue weighted by Crippen LogP contribution is 2.67. The first kappa shape index (κ1) is 25.2. The number of nitrogens with zero attached hydrogens (tertiary/aromatic N) is 1. The molecule has 0 aromatic carbocycles. The van der Waals surface area contributed by atoms with Gasteiger partial charge in [-0.1, -0.05) is 39.3 Å². The highest BCUT2D eigenvalue weighted by molar-refractivity contribution is 5.27. The lowest BCUT2D eigenvalue weighted by molar-refractivity contribution is -0.0759. The maximum Gasteiger partial charge on any atom is 0.0776 e. The Morgan fingerprint density at radius 2 is 1.85 bits per heavy atom. The molecule has 3 fully saturated rings. The molecule has 0 radical (unpaired) electrons. The van der Waals surface area contributed by atoms with Crippen LogP contribution in [0.15, 0.2) is 11.6 Å². The van der Waals surface area contributed by atoms with Gasteiger partial charge in [-0.05, 0) is 125 Å². The van der Waals surface area contributed by atoms with Crippen molar-refractivity contribution in [1.29, 1.82) is 5.26 Å². The van der Waals surface area contributed by atoms with E-state index in [1.165, 1.54) is 32.1 Å². The largest absolute Gasteiger partial charge is 0.391 e. The summed E-state index contributed by atoms with van der Waals surface area (Å²) in [4.78, 5) is 0. The van der Waals surface area contributed by atoms with Crippen LogP contribution in [0.3, 0.4) is 0 Å². The Hall–Kier alpha value is -0.850. The second-order valence-electron chi connectivity index (χ2n) is 13.6. The number of hydrogen-bond acceptors (Lipinski definition) is 3. The molecule has 1 unspecified atom stereocenters. The molecule has 0 spiro atoms. The van der Waals surface area contributed by atoms with Gasteiger partial charge < -0.3 is 10.2 Å². The van der Waals surface area contributed by atoms with Crippen molar-refractivity contribution in [3.05, 3.63) is 11.6 Å². The van der Waals surface area contributed by atoms with Gasteiger partial charge in [0.2, 0.25) is 0 Å². The lowest BCUT2D eigenvalue weighted by Crippen LogP contribution is -2.52. The minimum absolute atomic E-state index is 0.294. The van der Waals surface area contributed by atoms with E-state index in [4.69, 9.17) is 0 Å². The smallest absolute Gasteiger partial charge is 0.0776 e. The van der Waals surface area contributed by atoms with Crippen LogP contribution in [0.25, 0.3) is 0 Å². The zero-order chi connectivity index (χ0) is 24.2. The molecule has 0 amide bonds. The standard InChI is InChI=1S/C30H49NO2/c1-7-30(33)17-16-28(5)21(18-30)9-10-22-24-12-11-23(29(24,6)15-14-25(22)28)20(2)8-13-26(32)27(3,4)19-31/h9,20,22-26,32-33H,7-8,10-18H2,1-6H3/t20-,22+,23-,24+,25+,26?,28+,29-,30+/m1/s1. The van der Waals surface area contributed by atoms with E-state index in [9.17, 15) is 15.5 Å². The molecule has 9 atom stereocenters. The van der Waals surface area contributed by atoms with Gasteiger partial charge in [-0.2, -0.15) is 5.26 Å². The Balaban J connectivity index is 1.47. The summed E-state index contributed by atoms with van der Waals surface area (Å²) >= 11 is 0. The first-order chi connectivity index (χ1) is 15.4. The number of aliphatic hydroxyl groups is 2. The Labute approximate surface area is 203 Å². The third-order valence-corrected chi connectivity index (χ3v) is 11.7. The van der Waals surface area contributed by atoms with Crippen LogP contribution in [0.1, 0.15) is 112 Å². The number of nitriles is 1. The van der Waals surface area contributed by atoms with Gasteiger partial charge in [0.1, 0.15) is 0 Å². The Kier molecular flexibility index (Phi) is 6.63. The van der Waals surface area contributed by atoms with E-state index < -0.39 is 17.1 Å². The SMILES string of the molecule is CC[C@]1(O)CC[C@@]2(C)C(=CC[C@H]3[C@@H]4CC[C@H]([C@H](C)CCC(O)C(C)(C)C#N)[C@@]4(C)CC[C@@H]32)C1. The van der Waals surface area contributed by atoms with Crippen LogP contribution in [-0.4, -0.2) is 21.9 Å². The van der Waals surface area contributed by atoms with Crippen molar-refractivity contribution in [1.82, 2.24) is 0 Å². The molecule has 4 rings (SSSR count). The highest BCUT2D eigenvalue weighted by Gasteiger charge is 2.59. The number of aliphatic hydroxyl groups excluding tert-OH is 1. The summed E-state index contributed by atoms with van der Waals surface area (Å²) in [5.41, 5.74) is 1.14. The molecule has 0 aromatic heterocycles. The van der Waals surface area contributed by atoms with E-state index in [2.05, 4.69) is 39.8 Å². The van der Waals surface area contributed by atoms with E-state index >= 15 is 0 Å². The molecule has 0 saturated heterocycles. The Morgan fingerprint density at radius 3 is 2.52 bits per heavy atom. The molecule has 0 heterocycles. The van der Waals surface area contributed by atoms with E-state index in [1.807, 2.05) is 13.8 Å². The number of fused-ring (bicyclic) bond motifs is 5. The Morgan fingerprint density at radius 1 is 1.12 bits per heavy atom. The molecular weight excluding hydrogens is 406 g/mol. The second-order valence-corrected chi connectivity index (χ2v) is 13.6. The molecule has 2 N–H and O–H groups in total. The van der Waals surface area contributed by atoms with E-state index in [1.54, 1.807) is 5.57 Å². The van der Waals surface area contributed by atoms with E-state index in [0.717, 1.165) is 62.2 Å². The summed E-state index contributed by atoms with van der Waals surface area (Å²) < 4.78 is 0. The first-order valence-electron chi connectivity index (χ1n) is 13.9. The molecular formula is C30H49NO2. The fraction of sp³-hybridized carbons (Fsp3) is 0.900. The third-order valence-electron chi connectivity index (χ3n) is 11.7. The minimum Gasteiger partial charge on any atom is -0.391 e. The summed E-state index contributed by atoms with van der Waals surface area (Å²) in [6.45, 7) is 13.4. The number of rotatable bonds is 6. The number of hydrogen-bond donors (Lipinski definition) is 2. The fourth-order valence-corrected chi connectivity index (χ4v) is 9.05. The third kappa shape index (κ3) is 4.12. The monoisotopic (exact) mass is 455 g/mol. The lowest BCUT2D eigenvalue weighted by atomic mass is 9.46. The maximum atomic E-state index is 11.0. The molecule has 0 aliphatic heterocycles. The van der Waals surface area contributed by atoms with Crippen molar-refractivity contribution in [2.45, 2.75) is 124 Å². The summed E-state index contributed by atoms with van der Waals surface area (Å²) in [5, 5.41) is 30.9. The minimum atomic E-state index is -0.661. The highest BCUT2D eigenvalue weighted by atomic mass is 16.3. The van der Waals surface area contributed by atoms with Crippen molar-refractivity contribution in [2.75, 3.05) is 0 Å². The predicted octanol–water partition coefficient (Wildman–Crippen LogP) is 7.03. The van der Waals surface area contributed by atoms with Gasteiger partial charge in [-0.25, -0.2) is 0 Å². The van der Waals surface area contributed by atoms with Crippen molar-refractivity contribution in [3.63, 3.8) is 0 Å². The van der Waals surface area contributed by atoms with Gasteiger partial charge in [-0.3, -0.25) is 0 Å².